The first-order valence-corrected chi connectivity index (χ1v) is 8.29. The van der Waals surface area contributed by atoms with Gasteiger partial charge in [0.25, 0.3) is 0 Å². The molecule has 21 heavy (non-hydrogen) atoms. The number of hydrogen-bond acceptors (Lipinski definition) is 6. The molecule has 1 amide bonds. The first-order chi connectivity index (χ1) is 9.63. The summed E-state index contributed by atoms with van der Waals surface area (Å²) in [7, 11) is 0. The number of hydrogen-bond donors (Lipinski definition) is 4. The Morgan fingerprint density at radius 3 is 2.48 bits per heavy atom. The van der Waals surface area contributed by atoms with Crippen LogP contribution in [0.3, 0.4) is 0 Å². The lowest BCUT2D eigenvalue weighted by Gasteiger charge is -2.43. The highest BCUT2D eigenvalue weighted by atomic mass is 32.2. The maximum atomic E-state index is 11.7. The fourth-order valence-electron chi connectivity index (χ4n) is 2.68. The Kier molecular flexibility index (Phi) is 6.65. The highest BCUT2D eigenvalue weighted by Crippen LogP contribution is 2.26. The third-order valence-electron chi connectivity index (χ3n) is 3.06. The van der Waals surface area contributed by atoms with E-state index in [1.165, 1.54) is 11.8 Å². The summed E-state index contributed by atoms with van der Waals surface area (Å²) < 4.78 is 0. The summed E-state index contributed by atoms with van der Waals surface area (Å²) in [6, 6.07) is 0. The van der Waals surface area contributed by atoms with E-state index < -0.39 is 6.10 Å². The third kappa shape index (κ3) is 7.26. The minimum atomic E-state index is -0.778. The van der Waals surface area contributed by atoms with Gasteiger partial charge in [-0.05, 0) is 27.7 Å². The number of carbonyl (C=O) groups excluding carboxylic acids is 1. The van der Waals surface area contributed by atoms with Crippen molar-refractivity contribution < 1.29 is 15.0 Å². The van der Waals surface area contributed by atoms with Crippen LogP contribution in [0.2, 0.25) is 0 Å². The lowest BCUT2D eigenvalue weighted by Crippen LogP contribution is -2.58. The Morgan fingerprint density at radius 2 is 1.95 bits per heavy atom. The van der Waals surface area contributed by atoms with Gasteiger partial charge in [-0.2, -0.15) is 5.10 Å². The van der Waals surface area contributed by atoms with E-state index in [-0.39, 0.29) is 29.3 Å². The number of aliphatic hydroxyl groups excluding tert-OH is 2. The van der Waals surface area contributed by atoms with Gasteiger partial charge in [-0.3, -0.25) is 4.79 Å². The first-order valence-electron chi connectivity index (χ1n) is 7.14. The normalized spacial score (nSPS) is 21.7. The quantitative estimate of drug-likeness (QED) is 0.535. The lowest BCUT2D eigenvalue weighted by atomic mass is 9.81. The van der Waals surface area contributed by atoms with Gasteiger partial charge in [-0.1, -0.05) is 0 Å². The Morgan fingerprint density at radius 1 is 1.38 bits per heavy atom. The summed E-state index contributed by atoms with van der Waals surface area (Å²) in [4.78, 5) is 11.7. The predicted molar refractivity (Wildman–Crippen MR) is 86.5 cm³/mol. The van der Waals surface area contributed by atoms with E-state index >= 15 is 0 Å². The molecule has 0 aromatic rings. The van der Waals surface area contributed by atoms with Crippen LogP contribution in [0.15, 0.2) is 5.10 Å². The maximum absolute atomic E-state index is 11.7. The Bertz CT molecular complexity index is 379. The zero-order valence-corrected chi connectivity index (χ0v) is 14.1. The SMILES string of the molecule is CC1(C)CC(=NNC(=O)CSCC(O)CO)CC(C)(C)N1. The van der Waals surface area contributed by atoms with Crippen molar-refractivity contribution in [2.24, 2.45) is 5.10 Å². The van der Waals surface area contributed by atoms with Gasteiger partial charge in [-0.25, -0.2) is 5.43 Å². The second kappa shape index (κ2) is 7.58. The molecule has 1 unspecified atom stereocenters. The predicted octanol–water partition coefficient (Wildman–Crippen LogP) is 0.486. The molecule has 7 heteroatoms. The van der Waals surface area contributed by atoms with Crippen molar-refractivity contribution in [1.29, 1.82) is 0 Å². The fourth-order valence-corrected chi connectivity index (χ4v) is 3.43. The average Bonchev–Trinajstić information content (AvgIpc) is 2.32. The molecule has 1 aliphatic rings. The molecule has 0 radical (unpaired) electrons. The van der Waals surface area contributed by atoms with Crippen LogP contribution < -0.4 is 10.7 Å². The summed E-state index contributed by atoms with van der Waals surface area (Å²) in [6.45, 7) is 8.21. The number of rotatable bonds is 6. The van der Waals surface area contributed by atoms with E-state index in [1.807, 2.05) is 0 Å². The molecule has 0 saturated carbocycles. The van der Waals surface area contributed by atoms with Crippen LogP contribution >= 0.6 is 11.8 Å². The van der Waals surface area contributed by atoms with E-state index in [1.54, 1.807) is 0 Å². The number of thioether (sulfide) groups is 1. The molecule has 1 fully saturated rings. The second-order valence-electron chi connectivity index (χ2n) is 6.81. The topological polar surface area (TPSA) is 94.0 Å². The molecular weight excluding hydrogens is 290 g/mol. The van der Waals surface area contributed by atoms with E-state index in [0.29, 0.717) is 5.75 Å². The molecule has 4 N–H and O–H groups in total. The number of hydrazone groups is 1. The van der Waals surface area contributed by atoms with Crippen LogP contribution in [-0.2, 0) is 4.79 Å². The molecule has 0 aromatic carbocycles. The summed E-state index contributed by atoms with van der Waals surface area (Å²) in [5.41, 5.74) is 3.49. The molecule has 1 rings (SSSR count). The van der Waals surface area contributed by atoms with Crippen molar-refractivity contribution in [1.82, 2.24) is 10.7 Å². The second-order valence-corrected chi connectivity index (χ2v) is 7.84. The molecule has 1 heterocycles. The number of carbonyl (C=O) groups is 1. The molecule has 6 nitrogen and oxygen atoms in total. The molecule has 0 bridgehead atoms. The van der Waals surface area contributed by atoms with Gasteiger partial charge < -0.3 is 15.5 Å². The van der Waals surface area contributed by atoms with Gasteiger partial charge in [0.15, 0.2) is 0 Å². The van der Waals surface area contributed by atoms with Crippen LogP contribution in [0, 0.1) is 0 Å². The molecule has 122 valence electrons. The molecule has 1 aliphatic heterocycles. The van der Waals surface area contributed by atoms with Crippen molar-refractivity contribution in [2.45, 2.75) is 57.7 Å². The minimum absolute atomic E-state index is 0.0364. The third-order valence-corrected chi connectivity index (χ3v) is 4.15. The lowest BCUT2D eigenvalue weighted by molar-refractivity contribution is -0.118. The summed E-state index contributed by atoms with van der Waals surface area (Å²) in [5, 5.41) is 25.7. The fraction of sp³-hybridized carbons (Fsp3) is 0.857. The van der Waals surface area contributed by atoms with Crippen molar-refractivity contribution in [3.63, 3.8) is 0 Å². The van der Waals surface area contributed by atoms with Crippen molar-refractivity contribution in [2.75, 3.05) is 18.1 Å². The van der Waals surface area contributed by atoms with Gasteiger partial charge in [0.1, 0.15) is 0 Å². The van der Waals surface area contributed by atoms with Gasteiger partial charge in [0, 0.05) is 35.4 Å². The number of amides is 1. The standard InChI is InChI=1S/C14H27N3O3S/c1-13(2)5-10(6-14(3,4)17-13)15-16-12(20)9-21-8-11(19)7-18/h11,17-19H,5-9H2,1-4H3,(H,16,20). The van der Waals surface area contributed by atoms with Crippen molar-refractivity contribution in [3.8, 4) is 0 Å². The van der Waals surface area contributed by atoms with E-state index in [9.17, 15) is 9.90 Å². The van der Waals surface area contributed by atoms with Gasteiger partial charge in [0.05, 0.1) is 18.5 Å². The van der Waals surface area contributed by atoms with Crippen LogP contribution in [0.1, 0.15) is 40.5 Å². The zero-order valence-electron chi connectivity index (χ0n) is 13.3. The summed E-state index contributed by atoms with van der Waals surface area (Å²) in [5.74, 6) is 0.371. The Balaban J connectivity index is 2.43. The van der Waals surface area contributed by atoms with E-state index in [0.717, 1.165) is 18.6 Å². The van der Waals surface area contributed by atoms with Crippen LogP contribution in [0.5, 0.6) is 0 Å². The molecule has 0 aromatic heterocycles. The summed E-state index contributed by atoms with van der Waals surface area (Å²) in [6.07, 6.45) is 0.820. The van der Waals surface area contributed by atoms with Gasteiger partial charge in [-0.15, -0.1) is 11.8 Å². The zero-order chi connectivity index (χ0) is 16.1. The van der Waals surface area contributed by atoms with Crippen LogP contribution in [-0.4, -0.2) is 57.1 Å². The maximum Gasteiger partial charge on any atom is 0.250 e. The number of nitrogens with one attached hydrogen (secondary N) is 2. The van der Waals surface area contributed by atoms with E-state index in [4.69, 9.17) is 5.11 Å². The average molecular weight is 317 g/mol. The van der Waals surface area contributed by atoms with Crippen molar-refractivity contribution in [3.05, 3.63) is 0 Å². The first kappa shape index (κ1) is 18.4. The largest absolute Gasteiger partial charge is 0.394 e. The number of nitrogens with zero attached hydrogens (tertiary/aromatic N) is 1. The van der Waals surface area contributed by atoms with Gasteiger partial charge in [0.2, 0.25) is 5.91 Å². The van der Waals surface area contributed by atoms with Gasteiger partial charge >= 0.3 is 0 Å². The van der Waals surface area contributed by atoms with Crippen LogP contribution in [0.25, 0.3) is 0 Å². The van der Waals surface area contributed by atoms with Crippen molar-refractivity contribution >= 4 is 23.4 Å². The minimum Gasteiger partial charge on any atom is -0.394 e. The molecular formula is C14H27N3O3S. The number of aliphatic hydroxyl groups is 2. The monoisotopic (exact) mass is 317 g/mol. The number of piperidine rings is 1. The molecule has 0 spiro atoms. The molecule has 0 aliphatic carbocycles. The molecule has 1 saturated heterocycles. The highest BCUT2D eigenvalue weighted by molar-refractivity contribution is 7.99. The van der Waals surface area contributed by atoms with Crippen LogP contribution in [0.4, 0.5) is 0 Å². The molecule has 1 atom stereocenters. The Labute approximate surface area is 130 Å². The summed E-state index contributed by atoms with van der Waals surface area (Å²) >= 11 is 1.28. The van der Waals surface area contributed by atoms with E-state index in [2.05, 4.69) is 43.5 Å². The smallest absolute Gasteiger partial charge is 0.250 e. The highest BCUT2D eigenvalue weighted by Gasteiger charge is 2.35. The Hall–Kier alpha value is -0.630.